The SMILES string of the molecule is COC(CC(CN)N(C)C1CCOCC1)OC. The number of methoxy groups -OCH3 is 2. The van der Waals surface area contributed by atoms with Gasteiger partial charge < -0.3 is 19.9 Å². The maximum atomic E-state index is 5.85. The number of rotatable bonds is 7. The van der Waals surface area contributed by atoms with Crippen molar-refractivity contribution in [2.24, 2.45) is 5.73 Å². The van der Waals surface area contributed by atoms with Crippen molar-refractivity contribution in [1.29, 1.82) is 0 Å². The number of nitrogens with two attached hydrogens (primary N) is 1. The van der Waals surface area contributed by atoms with Crippen molar-refractivity contribution in [3.63, 3.8) is 0 Å². The van der Waals surface area contributed by atoms with Gasteiger partial charge in [-0.25, -0.2) is 0 Å². The van der Waals surface area contributed by atoms with Gasteiger partial charge in [0.2, 0.25) is 0 Å². The summed E-state index contributed by atoms with van der Waals surface area (Å²) in [5.74, 6) is 0. The average molecular weight is 246 g/mol. The second kappa shape index (κ2) is 8.00. The van der Waals surface area contributed by atoms with Crippen LogP contribution in [0.5, 0.6) is 0 Å². The van der Waals surface area contributed by atoms with Gasteiger partial charge in [0, 0.05) is 52.5 Å². The molecule has 0 aromatic carbocycles. The molecule has 1 fully saturated rings. The van der Waals surface area contributed by atoms with Gasteiger partial charge in [0.25, 0.3) is 0 Å². The fourth-order valence-corrected chi connectivity index (χ4v) is 2.33. The summed E-state index contributed by atoms with van der Waals surface area (Å²) in [6, 6.07) is 0.856. The highest BCUT2D eigenvalue weighted by Crippen LogP contribution is 2.18. The van der Waals surface area contributed by atoms with Gasteiger partial charge >= 0.3 is 0 Å². The molecule has 5 nitrogen and oxygen atoms in total. The lowest BCUT2D eigenvalue weighted by Crippen LogP contribution is -2.48. The Morgan fingerprint density at radius 3 is 2.35 bits per heavy atom. The molecule has 0 radical (unpaired) electrons. The molecule has 0 amide bonds. The Hall–Kier alpha value is -0.200. The van der Waals surface area contributed by atoms with E-state index >= 15 is 0 Å². The summed E-state index contributed by atoms with van der Waals surface area (Å²) < 4.78 is 15.9. The molecule has 1 aliphatic heterocycles. The maximum absolute atomic E-state index is 5.85. The summed E-state index contributed by atoms with van der Waals surface area (Å²) in [4.78, 5) is 2.35. The molecule has 2 N–H and O–H groups in total. The summed E-state index contributed by atoms with van der Waals surface area (Å²) in [5, 5.41) is 0. The third kappa shape index (κ3) is 4.52. The molecule has 17 heavy (non-hydrogen) atoms. The molecule has 0 bridgehead atoms. The number of nitrogens with zero attached hydrogens (tertiary/aromatic N) is 1. The highest BCUT2D eigenvalue weighted by Gasteiger charge is 2.26. The van der Waals surface area contributed by atoms with Crippen molar-refractivity contribution in [3.05, 3.63) is 0 Å². The molecule has 5 heteroatoms. The van der Waals surface area contributed by atoms with E-state index in [-0.39, 0.29) is 6.29 Å². The summed E-state index contributed by atoms with van der Waals surface area (Å²) in [6.45, 7) is 2.33. The molecular weight excluding hydrogens is 220 g/mol. The van der Waals surface area contributed by atoms with Gasteiger partial charge in [0.15, 0.2) is 6.29 Å². The lowest BCUT2D eigenvalue weighted by atomic mass is 10.0. The first-order valence-corrected chi connectivity index (χ1v) is 6.28. The number of ether oxygens (including phenoxy) is 3. The predicted octanol–water partition coefficient (Wildman–Crippen LogP) is 0.434. The van der Waals surface area contributed by atoms with Crippen LogP contribution in [0.3, 0.4) is 0 Å². The van der Waals surface area contributed by atoms with E-state index in [2.05, 4.69) is 11.9 Å². The zero-order valence-electron chi connectivity index (χ0n) is 11.2. The van der Waals surface area contributed by atoms with Gasteiger partial charge in [0.05, 0.1) is 0 Å². The number of likely N-dealkylation sites (N-methyl/N-ethyl adjacent to an activating group) is 1. The first-order valence-electron chi connectivity index (χ1n) is 6.28. The summed E-state index contributed by atoms with van der Waals surface area (Å²) >= 11 is 0. The smallest absolute Gasteiger partial charge is 0.158 e. The summed E-state index contributed by atoms with van der Waals surface area (Å²) in [6.07, 6.45) is 2.79. The standard InChI is InChI=1S/C12H26N2O3/c1-14(10-4-6-17-7-5-10)11(9-13)8-12(15-2)16-3/h10-12H,4-9,13H2,1-3H3. The topological polar surface area (TPSA) is 57.0 Å². The summed E-state index contributed by atoms with van der Waals surface area (Å²) in [7, 11) is 5.46. The molecule has 1 heterocycles. The average Bonchev–Trinajstić information content (AvgIpc) is 2.40. The van der Waals surface area contributed by atoms with Crippen LogP contribution in [0.2, 0.25) is 0 Å². The monoisotopic (exact) mass is 246 g/mol. The van der Waals surface area contributed by atoms with E-state index in [9.17, 15) is 0 Å². The molecular formula is C12H26N2O3. The van der Waals surface area contributed by atoms with E-state index in [4.69, 9.17) is 19.9 Å². The van der Waals surface area contributed by atoms with E-state index in [1.54, 1.807) is 14.2 Å². The van der Waals surface area contributed by atoms with Gasteiger partial charge in [0.1, 0.15) is 0 Å². The van der Waals surface area contributed by atoms with Crippen molar-refractivity contribution in [2.45, 2.75) is 37.6 Å². The third-order valence-electron chi connectivity index (χ3n) is 3.61. The van der Waals surface area contributed by atoms with Gasteiger partial charge in [-0.2, -0.15) is 0 Å². The fourth-order valence-electron chi connectivity index (χ4n) is 2.33. The molecule has 1 unspecified atom stereocenters. The van der Waals surface area contributed by atoms with E-state index in [0.717, 1.165) is 32.5 Å². The fraction of sp³-hybridized carbons (Fsp3) is 1.00. The van der Waals surface area contributed by atoms with Crippen LogP contribution in [-0.2, 0) is 14.2 Å². The molecule has 0 spiro atoms. The Balaban J connectivity index is 2.46. The Bertz CT molecular complexity index is 194. The molecule has 0 aliphatic carbocycles. The lowest BCUT2D eigenvalue weighted by Gasteiger charge is -2.37. The minimum absolute atomic E-state index is 0.175. The minimum atomic E-state index is -0.175. The van der Waals surface area contributed by atoms with E-state index in [1.165, 1.54) is 0 Å². The van der Waals surface area contributed by atoms with Crippen LogP contribution in [0, 0.1) is 0 Å². The molecule has 0 aromatic rings. The van der Waals surface area contributed by atoms with Gasteiger partial charge in [-0.1, -0.05) is 0 Å². The van der Waals surface area contributed by atoms with Crippen molar-refractivity contribution in [1.82, 2.24) is 4.90 Å². The van der Waals surface area contributed by atoms with Gasteiger partial charge in [-0.3, -0.25) is 4.90 Å². The van der Waals surface area contributed by atoms with Gasteiger partial charge in [-0.05, 0) is 19.9 Å². The zero-order valence-corrected chi connectivity index (χ0v) is 11.2. The van der Waals surface area contributed by atoms with Crippen LogP contribution >= 0.6 is 0 Å². The zero-order chi connectivity index (χ0) is 12.7. The van der Waals surface area contributed by atoms with Crippen molar-refractivity contribution >= 4 is 0 Å². The van der Waals surface area contributed by atoms with E-state index in [0.29, 0.717) is 18.6 Å². The van der Waals surface area contributed by atoms with Crippen molar-refractivity contribution in [3.8, 4) is 0 Å². The van der Waals surface area contributed by atoms with Crippen molar-refractivity contribution in [2.75, 3.05) is 41.0 Å². The van der Waals surface area contributed by atoms with Crippen LogP contribution in [0.1, 0.15) is 19.3 Å². The molecule has 1 rings (SSSR count). The third-order valence-corrected chi connectivity index (χ3v) is 3.61. The van der Waals surface area contributed by atoms with Crippen LogP contribution in [0.25, 0.3) is 0 Å². The van der Waals surface area contributed by atoms with Crippen LogP contribution in [0.15, 0.2) is 0 Å². The highest BCUT2D eigenvalue weighted by atomic mass is 16.7. The number of hydrogen-bond donors (Lipinski definition) is 1. The van der Waals surface area contributed by atoms with Crippen molar-refractivity contribution < 1.29 is 14.2 Å². The lowest BCUT2D eigenvalue weighted by molar-refractivity contribution is -0.118. The Morgan fingerprint density at radius 1 is 1.29 bits per heavy atom. The molecule has 1 aliphatic rings. The first-order chi connectivity index (χ1) is 8.22. The number of hydrogen-bond acceptors (Lipinski definition) is 5. The predicted molar refractivity (Wildman–Crippen MR) is 66.9 cm³/mol. The Labute approximate surface area is 104 Å². The van der Waals surface area contributed by atoms with Gasteiger partial charge in [-0.15, -0.1) is 0 Å². The molecule has 0 saturated carbocycles. The van der Waals surface area contributed by atoms with Crippen LogP contribution in [-0.4, -0.2) is 64.3 Å². The highest BCUT2D eigenvalue weighted by molar-refractivity contribution is 4.80. The Morgan fingerprint density at radius 2 is 1.88 bits per heavy atom. The van der Waals surface area contributed by atoms with E-state index < -0.39 is 0 Å². The maximum Gasteiger partial charge on any atom is 0.158 e. The second-order valence-corrected chi connectivity index (χ2v) is 4.54. The largest absolute Gasteiger partial charge is 0.381 e. The van der Waals surface area contributed by atoms with E-state index in [1.807, 2.05) is 0 Å². The normalized spacial score (nSPS) is 20.1. The summed E-state index contributed by atoms with van der Waals surface area (Å²) in [5.41, 5.74) is 5.85. The molecule has 1 saturated heterocycles. The van der Waals surface area contributed by atoms with Crippen LogP contribution in [0.4, 0.5) is 0 Å². The molecule has 102 valence electrons. The second-order valence-electron chi connectivity index (χ2n) is 4.54. The minimum Gasteiger partial charge on any atom is -0.381 e. The first kappa shape index (κ1) is 14.9. The van der Waals surface area contributed by atoms with Crippen LogP contribution < -0.4 is 5.73 Å². The molecule has 0 aromatic heterocycles. The Kier molecular flexibility index (Phi) is 6.99. The molecule has 1 atom stereocenters. The quantitative estimate of drug-likeness (QED) is 0.660.